The summed E-state index contributed by atoms with van der Waals surface area (Å²) in [7, 11) is 0. The van der Waals surface area contributed by atoms with E-state index in [2.05, 4.69) is 43.5 Å². The molecule has 19 nitrogen and oxygen atoms in total. The summed E-state index contributed by atoms with van der Waals surface area (Å²) in [4.78, 5) is 13.5. The fraction of sp³-hybridized carbons (Fsp3) is 0.933. The number of carbonyl (C=O) groups is 1. The highest BCUT2D eigenvalue weighted by Gasteiger charge is 2.53. The van der Waals surface area contributed by atoms with Crippen molar-refractivity contribution in [3.63, 3.8) is 0 Å². The molecule has 3 aliphatic heterocycles. The second-order valence-electron chi connectivity index (χ2n) is 27.8. The van der Waals surface area contributed by atoms with Crippen molar-refractivity contribution in [3.8, 4) is 0 Å². The van der Waals surface area contributed by atoms with Gasteiger partial charge in [0.2, 0.25) is 5.91 Å². The third-order valence-corrected chi connectivity index (χ3v) is 19.5. The number of allylic oxidation sites excluding steroid dienone is 4. The van der Waals surface area contributed by atoms with Crippen LogP contribution in [0.25, 0.3) is 0 Å². The standard InChI is InChI=1S/C75H141NO18/c1-3-5-7-9-11-13-15-17-19-21-23-25-27-28-29-30-31-33-35-37-39-41-43-45-47-49-51-53-63(81)76-58(59(80)52-50-48-46-44-42-40-38-36-34-32-26-24-22-20-18-16-14-12-10-8-6-4-2)57-89-73-69(87)66(84)71(61(55-78)91-73)94-75-70(88)67(85)72(62(56-79)92-75)93-74-68(86)65(83)64(82)60(54-77)90-74/h15,17,21,23,58-62,64-75,77-80,82-88H,3-14,16,18-20,22,24-57H2,1-2H3,(H,76,81)/b17-15-,23-21-. The van der Waals surface area contributed by atoms with E-state index in [1.807, 2.05) is 0 Å². The van der Waals surface area contributed by atoms with E-state index in [0.29, 0.717) is 12.8 Å². The van der Waals surface area contributed by atoms with Crippen molar-refractivity contribution in [3.05, 3.63) is 24.3 Å². The van der Waals surface area contributed by atoms with Crippen molar-refractivity contribution in [2.24, 2.45) is 0 Å². The van der Waals surface area contributed by atoms with Crippen LogP contribution >= 0.6 is 0 Å². The highest BCUT2D eigenvalue weighted by atomic mass is 16.8. The second-order valence-corrected chi connectivity index (χ2v) is 27.8. The molecule has 94 heavy (non-hydrogen) atoms. The minimum atomic E-state index is -1.97. The fourth-order valence-electron chi connectivity index (χ4n) is 13.3. The Morgan fingerprint density at radius 2 is 0.702 bits per heavy atom. The van der Waals surface area contributed by atoms with Crippen LogP contribution in [0.15, 0.2) is 24.3 Å². The number of nitrogens with one attached hydrogen (secondary N) is 1. The molecule has 0 bridgehead atoms. The smallest absolute Gasteiger partial charge is 0.220 e. The van der Waals surface area contributed by atoms with Gasteiger partial charge in [0.1, 0.15) is 73.2 Å². The zero-order valence-corrected chi connectivity index (χ0v) is 59.0. The highest BCUT2D eigenvalue weighted by molar-refractivity contribution is 5.76. The van der Waals surface area contributed by atoms with Gasteiger partial charge in [0.25, 0.3) is 0 Å². The lowest BCUT2D eigenvalue weighted by Gasteiger charge is -2.48. The molecule has 0 aliphatic carbocycles. The molecule has 19 heteroatoms. The summed E-state index contributed by atoms with van der Waals surface area (Å²) in [6, 6.07) is -0.887. The largest absolute Gasteiger partial charge is 0.394 e. The molecule has 0 aromatic heterocycles. The van der Waals surface area contributed by atoms with E-state index in [1.165, 1.54) is 231 Å². The Kier molecular flexibility index (Phi) is 52.4. The Hall–Kier alpha value is -1.73. The Morgan fingerprint density at radius 1 is 0.383 bits per heavy atom. The average molecular weight is 1340 g/mol. The van der Waals surface area contributed by atoms with E-state index in [4.69, 9.17) is 28.4 Å². The van der Waals surface area contributed by atoms with Crippen LogP contribution in [0, 0.1) is 0 Å². The lowest BCUT2D eigenvalue weighted by atomic mass is 9.96. The van der Waals surface area contributed by atoms with Crippen LogP contribution in [0.1, 0.15) is 316 Å². The summed E-state index contributed by atoms with van der Waals surface area (Å²) in [6.45, 7) is 1.84. The highest BCUT2D eigenvalue weighted by Crippen LogP contribution is 2.33. The second kappa shape index (κ2) is 57.0. The van der Waals surface area contributed by atoms with Crippen molar-refractivity contribution in [1.29, 1.82) is 0 Å². The van der Waals surface area contributed by atoms with Crippen molar-refractivity contribution < 1.29 is 89.4 Å². The summed E-state index contributed by atoms with van der Waals surface area (Å²) < 4.78 is 34.5. The molecule has 3 fully saturated rings. The summed E-state index contributed by atoms with van der Waals surface area (Å²) in [5.74, 6) is -0.238. The number of unbranched alkanes of at least 4 members (excludes halogenated alkanes) is 41. The van der Waals surface area contributed by atoms with Crippen molar-refractivity contribution >= 4 is 5.91 Å². The first-order chi connectivity index (χ1) is 45.8. The lowest BCUT2D eigenvalue weighted by Crippen LogP contribution is -2.66. The molecule has 3 rings (SSSR count). The third-order valence-electron chi connectivity index (χ3n) is 19.5. The molecule has 17 atom stereocenters. The Balaban J connectivity index is 1.39. The third kappa shape index (κ3) is 37.6. The molecule has 0 saturated carbocycles. The van der Waals surface area contributed by atoms with Crippen LogP contribution in [-0.4, -0.2) is 193 Å². The first-order valence-electron chi connectivity index (χ1n) is 38.6. The van der Waals surface area contributed by atoms with Gasteiger partial charge in [-0.05, 0) is 44.9 Å². The molecular formula is C75H141NO18. The van der Waals surface area contributed by atoms with Gasteiger partial charge in [-0.3, -0.25) is 4.79 Å². The summed E-state index contributed by atoms with van der Waals surface area (Å²) >= 11 is 0. The quantitative estimate of drug-likeness (QED) is 0.0199. The molecule has 0 radical (unpaired) electrons. The number of amides is 1. The number of ether oxygens (including phenoxy) is 6. The lowest BCUT2D eigenvalue weighted by molar-refractivity contribution is -0.379. The molecule has 0 spiro atoms. The maximum atomic E-state index is 13.5. The maximum absolute atomic E-state index is 13.5. The van der Waals surface area contributed by atoms with Gasteiger partial charge in [-0.1, -0.05) is 289 Å². The Labute approximate surface area is 568 Å². The molecule has 3 saturated heterocycles. The zero-order chi connectivity index (χ0) is 68.2. The van der Waals surface area contributed by atoms with Gasteiger partial charge in [0.05, 0.1) is 38.6 Å². The molecule has 554 valence electrons. The molecule has 3 aliphatic rings. The Morgan fingerprint density at radius 3 is 1.09 bits per heavy atom. The topological polar surface area (TPSA) is 307 Å². The van der Waals surface area contributed by atoms with Crippen LogP contribution in [0.2, 0.25) is 0 Å². The summed E-state index contributed by atoms with van der Waals surface area (Å²) in [5.41, 5.74) is 0. The van der Waals surface area contributed by atoms with Gasteiger partial charge >= 0.3 is 0 Å². The first kappa shape index (κ1) is 86.5. The number of carbonyl (C=O) groups excluding carboxylic acids is 1. The van der Waals surface area contributed by atoms with Crippen molar-refractivity contribution in [1.82, 2.24) is 5.32 Å². The zero-order valence-electron chi connectivity index (χ0n) is 59.0. The molecule has 0 aromatic carbocycles. The van der Waals surface area contributed by atoms with Crippen LogP contribution in [0.3, 0.4) is 0 Å². The van der Waals surface area contributed by atoms with Gasteiger partial charge in [-0.15, -0.1) is 0 Å². The number of rotatable bonds is 61. The van der Waals surface area contributed by atoms with Gasteiger partial charge in [-0.2, -0.15) is 0 Å². The normalized spacial score (nSPS) is 27.4. The van der Waals surface area contributed by atoms with E-state index in [-0.39, 0.29) is 18.9 Å². The van der Waals surface area contributed by atoms with E-state index in [0.717, 1.165) is 51.4 Å². The molecule has 17 unspecified atom stereocenters. The fourth-order valence-corrected chi connectivity index (χ4v) is 13.3. The molecule has 3 heterocycles. The van der Waals surface area contributed by atoms with Gasteiger partial charge in [-0.25, -0.2) is 0 Å². The molecule has 1 amide bonds. The van der Waals surface area contributed by atoms with Gasteiger partial charge in [0, 0.05) is 6.42 Å². The van der Waals surface area contributed by atoms with Crippen LogP contribution in [0.4, 0.5) is 0 Å². The van der Waals surface area contributed by atoms with Gasteiger partial charge in [0.15, 0.2) is 18.9 Å². The SMILES string of the molecule is CCCCCCC/C=C\C/C=C\CCCCCCCCCCCCCCCCCC(=O)NC(COC1OC(CO)C(OC2OC(CO)C(OC3OC(CO)C(O)C(O)C3O)C(O)C2O)C(O)C1O)C(O)CCCCCCCCCCCCCCCCCCCCCCCC. The monoisotopic (exact) mass is 1340 g/mol. The van der Waals surface area contributed by atoms with Crippen LogP contribution in [-0.2, 0) is 33.2 Å². The minimum Gasteiger partial charge on any atom is -0.394 e. The van der Waals surface area contributed by atoms with E-state index < -0.39 is 124 Å². The molecular weight excluding hydrogens is 1200 g/mol. The van der Waals surface area contributed by atoms with Crippen LogP contribution in [0.5, 0.6) is 0 Å². The predicted molar refractivity (Wildman–Crippen MR) is 370 cm³/mol. The number of hydrogen-bond donors (Lipinski definition) is 12. The number of hydrogen-bond acceptors (Lipinski definition) is 18. The average Bonchev–Trinajstić information content (AvgIpc) is 0.787. The van der Waals surface area contributed by atoms with Crippen molar-refractivity contribution in [2.45, 2.75) is 420 Å². The summed E-state index contributed by atoms with van der Waals surface area (Å²) in [6.07, 6.45) is 39.7. The Bertz CT molecular complexity index is 1800. The predicted octanol–water partition coefficient (Wildman–Crippen LogP) is 11.8. The molecule has 0 aromatic rings. The summed E-state index contributed by atoms with van der Waals surface area (Å²) in [5, 5.41) is 121. The molecule has 12 N–H and O–H groups in total. The van der Waals surface area contributed by atoms with Crippen molar-refractivity contribution in [2.75, 3.05) is 26.4 Å². The number of aliphatic hydroxyl groups is 11. The van der Waals surface area contributed by atoms with E-state index in [9.17, 15) is 61.0 Å². The van der Waals surface area contributed by atoms with Gasteiger partial charge < -0.3 is 89.9 Å². The first-order valence-corrected chi connectivity index (χ1v) is 38.6. The van der Waals surface area contributed by atoms with E-state index in [1.54, 1.807) is 0 Å². The van der Waals surface area contributed by atoms with E-state index >= 15 is 0 Å². The number of aliphatic hydroxyl groups excluding tert-OH is 11. The van der Waals surface area contributed by atoms with Crippen LogP contribution < -0.4 is 5.32 Å². The minimum absolute atomic E-state index is 0.238. The maximum Gasteiger partial charge on any atom is 0.220 e.